The summed E-state index contributed by atoms with van der Waals surface area (Å²) in [5.41, 5.74) is 28.3. The third-order valence-corrected chi connectivity index (χ3v) is 25.1. The molecule has 5 unspecified atom stereocenters. The van der Waals surface area contributed by atoms with E-state index >= 15 is 0 Å². The van der Waals surface area contributed by atoms with Crippen molar-refractivity contribution in [3.05, 3.63) is 118 Å². The van der Waals surface area contributed by atoms with Gasteiger partial charge in [0, 0.05) is 51.5 Å². The van der Waals surface area contributed by atoms with E-state index < -0.39 is 268 Å². The minimum atomic E-state index is -5.67. The standard InChI is InChI=1S/C63H68N24O34P6/c1-4-25-46(88)34(114-55(25)85-22-70-43-49(85)76-58(67)79-52(43)89)16-105-122(95)118-29-14-41(83-11-8-38(65)74-62(83)93)112-32(29)20-109-126(101,102)121-48-27(6-3)57(87-24-72-45-51(87)78-60(69)81-54(45)91)116-36(48)18-107-124(97)119-30-15-42(84-12-9-39(66)75-63(84)94)113-33(30)21-110-127(103,104)120-47-26(5-2)56(86-23-71-44-50(86)77-59(68)80-53(44)90)115-35(47)17-106-123(96)117-28-13-40(82-10-7-37(64)73-61(82)92)111-31(28)19-108-125(98,99)100/h1-3,7-12,22-36,40-42,46-48,55-57,88H,13-21H2,(H16-3,64,65,66,67,68,69,73,74,75,76,77,78,79,80,81,89,90,91,92,93,94,98,99,100,101,102,103,104)/p+3/t25-,26-,27-,28-,29-,30-,31+,32+,33+,34+,35+,36+,40+,41+,42+,46-,47-,48-,55+,56+,57+/m0/s1. The lowest BCUT2D eigenvalue weighted by Crippen LogP contribution is -2.33. The van der Waals surface area contributed by atoms with Gasteiger partial charge in [0.05, 0.1) is 56.6 Å². The number of nitrogens with two attached hydrogens (primary N) is 6. The van der Waals surface area contributed by atoms with Gasteiger partial charge in [0.25, 0.3) is 16.7 Å². The number of nitrogens with zero attached hydrogens (tertiary/aromatic N) is 15. The molecule has 0 spiro atoms. The molecule has 15 heterocycles. The van der Waals surface area contributed by atoms with Crippen molar-refractivity contribution in [1.29, 1.82) is 0 Å². The Bertz CT molecular complexity index is 6440. The lowest BCUT2D eigenvalue weighted by atomic mass is 10.0. The topological polar surface area (TPSA) is 812 Å². The molecule has 6 aliphatic rings. The van der Waals surface area contributed by atoms with E-state index in [2.05, 4.69) is 82.1 Å². The molecule has 6 saturated heterocycles. The van der Waals surface area contributed by atoms with Crippen molar-refractivity contribution in [3.63, 3.8) is 0 Å². The third kappa shape index (κ3) is 20.0. The zero-order valence-electron chi connectivity index (χ0n) is 64.3. The number of aromatic nitrogens is 18. The average Bonchev–Trinajstić information content (AvgIpc) is 1.62. The maximum Gasteiger partial charge on any atom is 0.697 e. The van der Waals surface area contributed by atoms with E-state index in [-0.39, 0.29) is 69.7 Å². The number of aromatic amines is 3. The number of terminal acetylenes is 3. The number of phosphoric ester groups is 3. The number of hydrogen-bond donors (Lipinski definition) is 14. The maximum atomic E-state index is 14.6. The number of H-pyrrole nitrogens is 3. The molecule has 0 aliphatic carbocycles. The summed E-state index contributed by atoms with van der Waals surface area (Å²) >= 11 is 0. The number of phosphoric acid groups is 3. The molecule has 674 valence electrons. The second-order valence-corrected chi connectivity index (χ2v) is 35.1. The van der Waals surface area contributed by atoms with Crippen molar-refractivity contribution in [2.45, 2.75) is 130 Å². The van der Waals surface area contributed by atoms with E-state index in [1.165, 1.54) is 41.5 Å². The monoisotopic (exact) mass is 1890 g/mol. The summed E-state index contributed by atoms with van der Waals surface area (Å²) in [5, 5.41) is 11.3. The Morgan fingerprint density at radius 1 is 0.433 bits per heavy atom. The van der Waals surface area contributed by atoms with Crippen LogP contribution in [-0.4, -0.2) is 225 Å². The fourth-order valence-corrected chi connectivity index (χ4v) is 19.2. The van der Waals surface area contributed by atoms with Crippen LogP contribution in [-0.2, 0) is 106 Å². The van der Waals surface area contributed by atoms with E-state index in [4.69, 9.17) is 127 Å². The predicted octanol–water partition coefficient (Wildman–Crippen LogP) is -2.40. The summed E-state index contributed by atoms with van der Waals surface area (Å²) in [6.45, 7) is -5.60. The fraction of sp³-hybridized carbons (Fsp3) is 0.476. The van der Waals surface area contributed by atoms with Crippen molar-refractivity contribution in [1.82, 2.24) is 87.2 Å². The van der Waals surface area contributed by atoms with Crippen LogP contribution in [0.15, 0.2) is 84.5 Å². The summed E-state index contributed by atoms with van der Waals surface area (Å²) in [6, 6.07) is 3.68. The van der Waals surface area contributed by atoms with Crippen molar-refractivity contribution < 1.29 is 130 Å². The molecule has 6 aliphatic heterocycles. The Morgan fingerprint density at radius 2 is 0.740 bits per heavy atom. The molecular formula is C63H71N24O34P6+3. The van der Waals surface area contributed by atoms with Gasteiger partial charge in [-0.15, -0.1) is 46.4 Å². The molecular weight excluding hydrogens is 1820 g/mol. The van der Waals surface area contributed by atoms with Gasteiger partial charge in [-0.25, -0.2) is 43.0 Å². The fourth-order valence-electron chi connectivity index (χ4n) is 14.6. The number of anilines is 6. The zero-order chi connectivity index (χ0) is 90.6. The highest BCUT2D eigenvalue weighted by molar-refractivity contribution is 7.47. The Labute approximate surface area is 708 Å². The van der Waals surface area contributed by atoms with Gasteiger partial charge in [0.15, 0.2) is 52.2 Å². The van der Waals surface area contributed by atoms with Gasteiger partial charge in [-0.05, 0) is 18.2 Å². The van der Waals surface area contributed by atoms with Crippen molar-refractivity contribution >= 4 is 117 Å². The molecule has 9 aromatic rings. The Balaban J connectivity index is 0.644. The molecule has 0 aromatic carbocycles. The van der Waals surface area contributed by atoms with Crippen LogP contribution in [0.1, 0.15) is 56.6 Å². The molecule has 0 amide bonds. The summed E-state index contributed by atoms with van der Waals surface area (Å²) < 4.78 is 188. The normalized spacial score (nSPS) is 29.1. The van der Waals surface area contributed by atoms with Gasteiger partial charge >= 0.3 is 65.3 Å². The summed E-state index contributed by atoms with van der Waals surface area (Å²) in [6.07, 6.45) is -4.23. The molecule has 127 heavy (non-hydrogen) atoms. The van der Waals surface area contributed by atoms with Crippen molar-refractivity contribution in [3.8, 4) is 37.0 Å². The third-order valence-electron chi connectivity index (χ3n) is 20.3. The number of rotatable bonds is 34. The number of ether oxygens (including phenoxy) is 6. The van der Waals surface area contributed by atoms with E-state index in [0.29, 0.717) is 0 Å². The molecule has 0 saturated carbocycles. The van der Waals surface area contributed by atoms with Crippen LogP contribution in [0.4, 0.5) is 35.3 Å². The Kier molecular flexibility index (Phi) is 26.6. The molecule has 0 bridgehead atoms. The first-order valence-corrected chi connectivity index (χ1v) is 44.7. The Hall–Kier alpha value is -10.7. The molecule has 20 N–H and O–H groups in total. The van der Waals surface area contributed by atoms with Gasteiger partial charge in [-0.2, -0.15) is 29.9 Å². The molecule has 26 atom stereocenters. The molecule has 9 aromatic heterocycles. The number of aliphatic hydroxyl groups is 1. The van der Waals surface area contributed by atoms with Gasteiger partial charge < -0.3 is 87.5 Å². The summed E-state index contributed by atoms with van der Waals surface area (Å²) in [7, 11) is -26.8. The highest BCUT2D eigenvalue weighted by atomic mass is 31.2. The lowest BCUT2D eigenvalue weighted by molar-refractivity contribution is -0.0587. The first-order valence-electron chi connectivity index (χ1n) is 36.9. The number of aliphatic hydroxyl groups excluding tert-OH is 1. The molecule has 64 heteroatoms. The van der Waals surface area contributed by atoms with Crippen LogP contribution in [0, 0.1) is 54.8 Å². The quantitative estimate of drug-likeness (QED) is 0.0148. The highest BCUT2D eigenvalue weighted by Gasteiger charge is 2.56. The van der Waals surface area contributed by atoms with Gasteiger partial charge in [0.1, 0.15) is 129 Å². The number of fused-ring (bicyclic) bond motifs is 3. The maximum absolute atomic E-state index is 14.6. The van der Waals surface area contributed by atoms with Crippen LogP contribution < -0.4 is 68.1 Å². The van der Waals surface area contributed by atoms with Gasteiger partial charge in [0.2, 0.25) is 17.8 Å². The first-order chi connectivity index (χ1) is 60.4. The van der Waals surface area contributed by atoms with E-state index in [0.717, 1.165) is 41.7 Å². The predicted molar refractivity (Wildman–Crippen MR) is 421 cm³/mol. The van der Waals surface area contributed by atoms with Crippen molar-refractivity contribution in [2.75, 3.05) is 74.0 Å². The summed E-state index contributed by atoms with van der Waals surface area (Å²) in [4.78, 5) is 163. The van der Waals surface area contributed by atoms with Gasteiger partial charge in [-0.3, -0.25) is 79.4 Å². The van der Waals surface area contributed by atoms with Crippen LogP contribution in [0.3, 0.4) is 0 Å². The highest BCUT2D eigenvalue weighted by Crippen LogP contribution is 2.55. The second kappa shape index (κ2) is 37.2. The number of hydrogen-bond acceptors (Lipinski definition) is 45. The van der Waals surface area contributed by atoms with Crippen LogP contribution in [0.25, 0.3) is 33.5 Å². The lowest BCUT2D eigenvalue weighted by Gasteiger charge is -2.24. The molecule has 15 rings (SSSR count). The SMILES string of the molecule is C#C[C@H]1[C@H](O)[C@@H](CO[P+](=O)O[C@H]2C[C@H](n3ccc(N)nc3=O)O[C@@H]2COP(=O)(O)O[C@H]2[C@H](C#C)[C@H](n3cnc4c(=O)[nH]c(N)nc43)O[C@@H]2CO[P+](=O)O[C@H]2C[C@H](n3ccc(N)nc3=O)O[C@@H]2COP(=O)(O)O[C@H]2[C@H](C#C)[C@H](n3cnc4c(=O)[nH]c(N)nc43)O[C@@H]2CO[P+](=O)O[C@H]2C[C@H](n3ccc(N)nc3=O)O[C@@H]2COP(=O)(O)O)O[C@H]1n1cnc2c(=O)[nH]c(N)nc21. The molecule has 6 fully saturated rings. The first kappa shape index (κ1) is 91.0. The molecule has 58 nitrogen and oxygen atoms in total. The van der Waals surface area contributed by atoms with Crippen LogP contribution >= 0.6 is 48.2 Å². The minimum absolute atomic E-state index is 0.0523. The van der Waals surface area contributed by atoms with Crippen molar-refractivity contribution in [2.24, 2.45) is 17.8 Å². The largest absolute Gasteiger partial charge is 0.697 e. The molecule has 0 radical (unpaired) electrons. The second-order valence-electron chi connectivity index (χ2n) is 28.3. The van der Waals surface area contributed by atoms with E-state index in [9.17, 15) is 80.8 Å². The van der Waals surface area contributed by atoms with E-state index in [1.54, 1.807) is 0 Å². The summed E-state index contributed by atoms with van der Waals surface area (Å²) in [5.74, 6) is 1.23. The number of nitrogen functional groups attached to an aromatic ring is 6. The van der Waals surface area contributed by atoms with Crippen LogP contribution in [0.2, 0.25) is 0 Å². The zero-order valence-corrected chi connectivity index (χ0v) is 69.7. The average molecular weight is 1890 g/mol. The minimum Gasteiger partial charge on any atom is -0.389 e. The van der Waals surface area contributed by atoms with Gasteiger partial charge in [-0.1, -0.05) is 17.8 Å². The smallest absolute Gasteiger partial charge is 0.389 e. The number of imidazole rings is 3. The van der Waals surface area contributed by atoms with Crippen LogP contribution in [0.5, 0.6) is 0 Å². The van der Waals surface area contributed by atoms with E-state index in [1.807, 2.05) is 0 Å². The Morgan fingerprint density at radius 3 is 1.06 bits per heavy atom. The number of nitrogens with one attached hydrogen (secondary N) is 3.